The molecule has 0 spiro atoms. The van der Waals surface area contributed by atoms with E-state index in [4.69, 9.17) is 0 Å². The van der Waals surface area contributed by atoms with Crippen molar-refractivity contribution in [2.24, 2.45) is 0 Å². The van der Waals surface area contributed by atoms with Crippen LogP contribution in [-0.4, -0.2) is 16.7 Å². The van der Waals surface area contributed by atoms with E-state index >= 15 is 0 Å². The first-order chi connectivity index (χ1) is 7.27. The highest BCUT2D eigenvalue weighted by Gasteiger charge is 2.20. The summed E-state index contributed by atoms with van der Waals surface area (Å²) in [7, 11) is 0. The van der Waals surface area contributed by atoms with Gasteiger partial charge in [-0.1, -0.05) is 6.92 Å². The lowest BCUT2D eigenvalue weighted by Gasteiger charge is -2.24. The Hall–Kier alpha value is -1.71. The lowest BCUT2D eigenvalue weighted by atomic mass is 9.91. The van der Waals surface area contributed by atoms with Gasteiger partial charge in [-0.05, 0) is 24.5 Å². The fraction of sp³-hybridized carbons (Fsp3) is 0.364. The number of benzene rings is 1. The van der Waals surface area contributed by atoms with Crippen molar-refractivity contribution in [2.45, 2.75) is 19.3 Å². The summed E-state index contributed by atoms with van der Waals surface area (Å²) in [5, 5.41) is 9.72. The quantitative estimate of drug-likeness (QED) is 0.611. The molecule has 0 fully saturated rings. The maximum Gasteiger partial charge on any atom is 0.271 e. The van der Waals surface area contributed by atoms with Gasteiger partial charge in [0.2, 0.25) is 0 Å². The molecule has 3 rings (SSSR count). The molecule has 1 unspecified atom stereocenters. The number of aromatic nitrogens is 2. The van der Waals surface area contributed by atoms with E-state index < -0.39 is 0 Å². The molecule has 3 N–H and O–H groups in total. The van der Waals surface area contributed by atoms with Crippen LogP contribution in [0.5, 0.6) is 0 Å². The summed E-state index contributed by atoms with van der Waals surface area (Å²) in [5.41, 5.74) is 3.30. The van der Waals surface area contributed by atoms with E-state index in [0.29, 0.717) is 5.92 Å². The van der Waals surface area contributed by atoms with E-state index in [2.05, 4.69) is 22.4 Å². The minimum absolute atomic E-state index is 0.0365. The van der Waals surface area contributed by atoms with Gasteiger partial charge in [-0.2, -0.15) is 0 Å². The molecular weight excluding hydrogens is 190 g/mol. The lowest BCUT2D eigenvalue weighted by Crippen LogP contribution is -2.15. The van der Waals surface area contributed by atoms with Gasteiger partial charge < -0.3 is 5.32 Å². The highest BCUT2D eigenvalue weighted by atomic mass is 16.1. The highest BCUT2D eigenvalue weighted by molar-refractivity contribution is 5.87. The van der Waals surface area contributed by atoms with Gasteiger partial charge in [-0.25, -0.2) is 0 Å². The summed E-state index contributed by atoms with van der Waals surface area (Å²) >= 11 is 0. The molecule has 0 amide bonds. The van der Waals surface area contributed by atoms with Gasteiger partial charge in [-0.15, -0.1) is 0 Å². The predicted molar refractivity (Wildman–Crippen MR) is 60.4 cm³/mol. The first kappa shape index (κ1) is 8.59. The van der Waals surface area contributed by atoms with Gasteiger partial charge in [-0.3, -0.25) is 15.0 Å². The Kier molecular flexibility index (Phi) is 1.65. The van der Waals surface area contributed by atoms with Crippen LogP contribution in [0.4, 0.5) is 5.69 Å². The summed E-state index contributed by atoms with van der Waals surface area (Å²) in [6.07, 6.45) is 1.11. The molecule has 0 saturated heterocycles. The molecule has 15 heavy (non-hydrogen) atoms. The first-order valence-electron chi connectivity index (χ1n) is 5.24. The van der Waals surface area contributed by atoms with Crippen LogP contribution in [0.25, 0.3) is 10.9 Å². The monoisotopic (exact) mass is 203 g/mol. The number of aromatic amines is 2. The van der Waals surface area contributed by atoms with Crippen molar-refractivity contribution in [1.82, 2.24) is 10.2 Å². The van der Waals surface area contributed by atoms with Crippen LogP contribution in [0.2, 0.25) is 0 Å². The first-order valence-corrected chi connectivity index (χ1v) is 5.24. The van der Waals surface area contributed by atoms with E-state index in [0.717, 1.165) is 29.6 Å². The minimum atomic E-state index is -0.0365. The van der Waals surface area contributed by atoms with E-state index in [1.807, 2.05) is 12.1 Å². The third kappa shape index (κ3) is 1.11. The Bertz CT molecular complexity index is 567. The van der Waals surface area contributed by atoms with Crippen molar-refractivity contribution >= 4 is 16.6 Å². The number of hydrogen-bond acceptors (Lipinski definition) is 2. The van der Waals surface area contributed by atoms with Crippen molar-refractivity contribution < 1.29 is 0 Å². The second-order valence-electron chi connectivity index (χ2n) is 4.14. The van der Waals surface area contributed by atoms with Gasteiger partial charge in [0.1, 0.15) is 0 Å². The van der Waals surface area contributed by atoms with Crippen molar-refractivity contribution in [3.8, 4) is 0 Å². The van der Waals surface area contributed by atoms with Gasteiger partial charge in [0.25, 0.3) is 5.56 Å². The second-order valence-corrected chi connectivity index (χ2v) is 4.14. The molecule has 0 bridgehead atoms. The van der Waals surface area contributed by atoms with Crippen LogP contribution in [0.3, 0.4) is 0 Å². The van der Waals surface area contributed by atoms with E-state index in [1.54, 1.807) is 0 Å². The summed E-state index contributed by atoms with van der Waals surface area (Å²) in [6.45, 7) is 3.21. The van der Waals surface area contributed by atoms with Crippen LogP contribution < -0.4 is 10.9 Å². The summed E-state index contributed by atoms with van der Waals surface area (Å²) in [5.74, 6) is 0.497. The van der Waals surface area contributed by atoms with Crippen molar-refractivity contribution in [3.63, 3.8) is 0 Å². The molecule has 0 aliphatic carbocycles. The average molecular weight is 203 g/mol. The predicted octanol–water partition coefficient (Wildman–Crippen LogP) is 1.78. The second kappa shape index (κ2) is 2.89. The molecule has 4 nitrogen and oxygen atoms in total. The van der Waals surface area contributed by atoms with E-state index in [-0.39, 0.29) is 5.56 Å². The summed E-state index contributed by atoms with van der Waals surface area (Å²) in [4.78, 5) is 11.5. The Morgan fingerprint density at radius 2 is 2.20 bits per heavy atom. The Balaban J connectivity index is 2.41. The third-order valence-electron chi connectivity index (χ3n) is 3.18. The SMILES string of the molecule is CC1CCNc2ccc3c(=O)[nH][nH]c3c21. The molecule has 4 heteroatoms. The highest BCUT2D eigenvalue weighted by Crippen LogP contribution is 2.34. The molecule has 0 radical (unpaired) electrons. The van der Waals surface area contributed by atoms with Crippen LogP contribution in [0.15, 0.2) is 16.9 Å². The normalized spacial score (nSPS) is 19.9. The summed E-state index contributed by atoms with van der Waals surface area (Å²) < 4.78 is 0. The van der Waals surface area contributed by atoms with Crippen LogP contribution in [0, 0.1) is 0 Å². The molecule has 1 atom stereocenters. The largest absolute Gasteiger partial charge is 0.385 e. The topological polar surface area (TPSA) is 60.7 Å². The number of fused-ring (bicyclic) bond motifs is 3. The maximum atomic E-state index is 11.5. The van der Waals surface area contributed by atoms with Crippen LogP contribution >= 0.6 is 0 Å². The van der Waals surface area contributed by atoms with Crippen LogP contribution in [-0.2, 0) is 0 Å². The Morgan fingerprint density at radius 1 is 1.33 bits per heavy atom. The maximum absolute atomic E-state index is 11.5. The Labute approximate surface area is 86.7 Å². The molecule has 2 aromatic rings. The van der Waals surface area contributed by atoms with Gasteiger partial charge >= 0.3 is 0 Å². The zero-order chi connectivity index (χ0) is 10.4. The van der Waals surface area contributed by atoms with E-state index in [9.17, 15) is 4.79 Å². The molecule has 1 aliphatic rings. The molecular formula is C11H13N3O. The van der Waals surface area contributed by atoms with Crippen LogP contribution in [0.1, 0.15) is 24.8 Å². The molecule has 1 aliphatic heterocycles. The number of H-pyrrole nitrogens is 2. The lowest BCUT2D eigenvalue weighted by molar-refractivity contribution is 0.687. The van der Waals surface area contributed by atoms with Gasteiger partial charge in [0.05, 0.1) is 10.9 Å². The number of hydrogen-bond donors (Lipinski definition) is 3. The molecule has 1 aromatic carbocycles. The van der Waals surface area contributed by atoms with Gasteiger partial charge in [0, 0.05) is 17.8 Å². The number of rotatable bonds is 0. The standard InChI is InChI=1S/C11H13N3O/c1-6-4-5-12-8-3-2-7-10(9(6)8)13-14-11(7)15/h2-3,6,12H,4-5H2,1H3,(H2,13,14,15). The van der Waals surface area contributed by atoms with E-state index in [1.165, 1.54) is 5.56 Å². The molecule has 78 valence electrons. The molecule has 1 aromatic heterocycles. The molecule has 2 heterocycles. The van der Waals surface area contributed by atoms with Crippen molar-refractivity contribution in [1.29, 1.82) is 0 Å². The fourth-order valence-corrected chi connectivity index (χ4v) is 2.36. The smallest absolute Gasteiger partial charge is 0.271 e. The molecule has 0 saturated carbocycles. The number of anilines is 1. The minimum Gasteiger partial charge on any atom is -0.385 e. The van der Waals surface area contributed by atoms with Gasteiger partial charge in [0.15, 0.2) is 0 Å². The van der Waals surface area contributed by atoms with Crippen molar-refractivity contribution in [2.75, 3.05) is 11.9 Å². The fourth-order valence-electron chi connectivity index (χ4n) is 2.36. The zero-order valence-corrected chi connectivity index (χ0v) is 8.55. The Morgan fingerprint density at radius 3 is 3.07 bits per heavy atom. The van der Waals surface area contributed by atoms with Crippen molar-refractivity contribution in [3.05, 3.63) is 28.0 Å². The number of nitrogens with one attached hydrogen (secondary N) is 3. The zero-order valence-electron chi connectivity index (χ0n) is 8.55. The third-order valence-corrected chi connectivity index (χ3v) is 3.18. The average Bonchev–Trinajstić information content (AvgIpc) is 2.61. The summed E-state index contributed by atoms with van der Waals surface area (Å²) in [6, 6.07) is 3.87.